The first-order chi connectivity index (χ1) is 9.56. The normalized spacial score (nSPS) is 16.1. The second kappa shape index (κ2) is 6.76. The highest BCUT2D eigenvalue weighted by Crippen LogP contribution is 2.18. The minimum atomic E-state index is -0.654. The summed E-state index contributed by atoms with van der Waals surface area (Å²) in [5.41, 5.74) is 0.0402. The zero-order chi connectivity index (χ0) is 14.5. The van der Waals surface area contributed by atoms with Crippen molar-refractivity contribution in [3.8, 4) is 0 Å². The van der Waals surface area contributed by atoms with E-state index in [1.807, 2.05) is 0 Å². The molecule has 4 nitrogen and oxygen atoms in total. The quantitative estimate of drug-likeness (QED) is 0.889. The van der Waals surface area contributed by atoms with E-state index in [1.165, 1.54) is 6.92 Å². The van der Waals surface area contributed by atoms with Crippen molar-refractivity contribution < 1.29 is 18.3 Å². The fourth-order valence-electron chi connectivity index (χ4n) is 2.08. The molecule has 1 fully saturated rings. The lowest BCUT2D eigenvalue weighted by molar-refractivity contribution is -0.123. The van der Waals surface area contributed by atoms with Crippen LogP contribution in [0, 0.1) is 18.6 Å². The molecule has 1 amide bonds. The number of anilines is 1. The summed E-state index contributed by atoms with van der Waals surface area (Å²) in [5.74, 6) is -1.69. The highest BCUT2D eigenvalue weighted by molar-refractivity contribution is 5.91. The molecule has 0 saturated carbocycles. The first-order valence-corrected chi connectivity index (χ1v) is 6.64. The smallest absolute Gasteiger partial charge is 0.250 e. The number of hydrogen-bond donors (Lipinski definition) is 2. The van der Waals surface area contributed by atoms with E-state index in [1.54, 1.807) is 0 Å². The van der Waals surface area contributed by atoms with Crippen LogP contribution in [0.5, 0.6) is 0 Å². The molecule has 1 aliphatic heterocycles. The Labute approximate surface area is 116 Å². The lowest BCUT2D eigenvalue weighted by Gasteiger charge is -2.22. The highest BCUT2D eigenvalue weighted by atomic mass is 19.1. The van der Waals surface area contributed by atoms with Gasteiger partial charge in [-0.15, -0.1) is 0 Å². The van der Waals surface area contributed by atoms with Crippen molar-refractivity contribution in [3.63, 3.8) is 0 Å². The number of nitrogens with one attached hydrogen (secondary N) is 2. The number of carbonyl (C=O) groups is 1. The van der Waals surface area contributed by atoms with Crippen molar-refractivity contribution in [1.29, 1.82) is 0 Å². The van der Waals surface area contributed by atoms with Gasteiger partial charge in [-0.1, -0.05) is 0 Å². The van der Waals surface area contributed by atoms with Gasteiger partial charge in [-0.25, -0.2) is 8.78 Å². The molecule has 6 heteroatoms. The molecule has 0 unspecified atom stereocenters. The summed E-state index contributed by atoms with van der Waals surface area (Å²) in [6.07, 6.45) is 1.74. The van der Waals surface area contributed by atoms with Crippen molar-refractivity contribution in [2.75, 3.05) is 25.0 Å². The number of hydrogen-bond acceptors (Lipinski definition) is 3. The van der Waals surface area contributed by atoms with Gasteiger partial charge in [0.15, 0.2) is 0 Å². The van der Waals surface area contributed by atoms with E-state index >= 15 is 0 Å². The molecule has 0 bridgehead atoms. The Bertz CT molecular complexity index is 488. The standard InChI is InChI=1S/C14H18F2N2O2/c1-9-6-12(16)13(7-11(9)15)18-14(19)8-20-10-2-4-17-5-3-10/h6-7,10,17H,2-5,8H2,1H3,(H,18,19). The second-order valence-electron chi connectivity index (χ2n) is 4.89. The third-order valence-electron chi connectivity index (χ3n) is 3.26. The maximum Gasteiger partial charge on any atom is 0.250 e. The molecule has 0 aliphatic carbocycles. The molecule has 1 aromatic carbocycles. The Balaban J connectivity index is 1.86. The second-order valence-corrected chi connectivity index (χ2v) is 4.89. The summed E-state index contributed by atoms with van der Waals surface area (Å²) in [5, 5.41) is 5.51. The van der Waals surface area contributed by atoms with E-state index < -0.39 is 17.5 Å². The molecule has 0 radical (unpaired) electrons. The van der Waals surface area contributed by atoms with E-state index in [0.29, 0.717) is 0 Å². The van der Waals surface area contributed by atoms with Crippen LogP contribution >= 0.6 is 0 Å². The first-order valence-electron chi connectivity index (χ1n) is 6.64. The summed E-state index contributed by atoms with van der Waals surface area (Å²) in [6, 6.07) is 2.03. The average molecular weight is 284 g/mol. The van der Waals surface area contributed by atoms with Gasteiger partial charge in [0.05, 0.1) is 11.8 Å². The number of benzene rings is 1. The van der Waals surface area contributed by atoms with Crippen LogP contribution in [0.15, 0.2) is 12.1 Å². The van der Waals surface area contributed by atoms with Crippen LogP contribution < -0.4 is 10.6 Å². The SMILES string of the molecule is Cc1cc(F)c(NC(=O)COC2CCNCC2)cc1F. The van der Waals surface area contributed by atoms with E-state index in [4.69, 9.17) is 4.74 Å². The summed E-state index contributed by atoms with van der Waals surface area (Å²) in [7, 11) is 0. The van der Waals surface area contributed by atoms with Gasteiger partial charge in [0.25, 0.3) is 0 Å². The minimum absolute atomic E-state index is 0.0431. The van der Waals surface area contributed by atoms with Gasteiger partial charge in [0.2, 0.25) is 5.91 Å². The number of amides is 1. The third kappa shape index (κ3) is 3.98. The summed E-state index contributed by atoms with van der Waals surface area (Å²) in [6.45, 7) is 3.04. The monoisotopic (exact) mass is 284 g/mol. The molecule has 20 heavy (non-hydrogen) atoms. The Kier molecular flexibility index (Phi) is 5.03. The Hall–Kier alpha value is -1.53. The van der Waals surface area contributed by atoms with E-state index in [2.05, 4.69) is 10.6 Å². The van der Waals surface area contributed by atoms with E-state index in [9.17, 15) is 13.6 Å². The largest absolute Gasteiger partial charge is 0.368 e. The van der Waals surface area contributed by atoms with Crippen molar-refractivity contribution in [3.05, 3.63) is 29.3 Å². The summed E-state index contributed by atoms with van der Waals surface area (Å²) in [4.78, 5) is 11.7. The molecular formula is C14H18F2N2O2. The number of aryl methyl sites for hydroxylation is 1. The first kappa shape index (κ1) is 14.9. The van der Waals surface area contributed by atoms with Crippen molar-refractivity contribution in [2.45, 2.75) is 25.9 Å². The zero-order valence-electron chi connectivity index (χ0n) is 11.3. The van der Waals surface area contributed by atoms with Gasteiger partial charge < -0.3 is 15.4 Å². The van der Waals surface area contributed by atoms with Crippen LogP contribution in [0.1, 0.15) is 18.4 Å². The molecule has 2 rings (SSSR count). The van der Waals surface area contributed by atoms with Crippen LogP contribution in [-0.4, -0.2) is 31.7 Å². The van der Waals surface area contributed by atoms with E-state index in [0.717, 1.165) is 38.1 Å². The van der Waals surface area contributed by atoms with Gasteiger partial charge in [-0.05, 0) is 44.5 Å². The molecule has 110 valence electrons. The van der Waals surface area contributed by atoms with Crippen molar-refractivity contribution >= 4 is 11.6 Å². The van der Waals surface area contributed by atoms with Gasteiger partial charge in [-0.2, -0.15) is 0 Å². The molecular weight excluding hydrogens is 266 g/mol. The lowest BCUT2D eigenvalue weighted by atomic mass is 10.1. The van der Waals surface area contributed by atoms with Crippen LogP contribution in [0.3, 0.4) is 0 Å². The fourth-order valence-corrected chi connectivity index (χ4v) is 2.08. The van der Waals surface area contributed by atoms with Gasteiger partial charge >= 0.3 is 0 Å². The van der Waals surface area contributed by atoms with Gasteiger partial charge in [0, 0.05) is 6.07 Å². The molecule has 0 aromatic heterocycles. The average Bonchev–Trinajstić information content (AvgIpc) is 2.44. The molecule has 1 saturated heterocycles. The Morgan fingerprint density at radius 2 is 2.05 bits per heavy atom. The van der Waals surface area contributed by atoms with Crippen molar-refractivity contribution in [2.24, 2.45) is 0 Å². The zero-order valence-corrected chi connectivity index (χ0v) is 11.3. The Morgan fingerprint density at radius 3 is 2.75 bits per heavy atom. The summed E-state index contributed by atoms with van der Waals surface area (Å²) >= 11 is 0. The number of halogens is 2. The van der Waals surface area contributed by atoms with Crippen molar-refractivity contribution in [1.82, 2.24) is 5.32 Å². The molecule has 1 heterocycles. The maximum absolute atomic E-state index is 13.6. The number of piperidine rings is 1. The van der Waals surface area contributed by atoms with E-state index in [-0.39, 0.29) is 24.0 Å². The molecule has 1 aromatic rings. The number of rotatable bonds is 4. The van der Waals surface area contributed by atoms with Crippen LogP contribution in [0.4, 0.5) is 14.5 Å². The maximum atomic E-state index is 13.6. The molecule has 0 atom stereocenters. The number of ether oxygens (including phenoxy) is 1. The minimum Gasteiger partial charge on any atom is -0.368 e. The topological polar surface area (TPSA) is 50.4 Å². The van der Waals surface area contributed by atoms with Gasteiger partial charge in [-0.3, -0.25) is 4.79 Å². The number of carbonyl (C=O) groups excluding carboxylic acids is 1. The molecule has 1 aliphatic rings. The predicted octanol–water partition coefficient (Wildman–Crippen LogP) is 1.98. The Morgan fingerprint density at radius 1 is 1.35 bits per heavy atom. The summed E-state index contributed by atoms with van der Waals surface area (Å²) < 4.78 is 32.3. The lowest BCUT2D eigenvalue weighted by Crippen LogP contribution is -2.34. The third-order valence-corrected chi connectivity index (χ3v) is 3.26. The molecule has 2 N–H and O–H groups in total. The predicted molar refractivity (Wildman–Crippen MR) is 71.6 cm³/mol. The fraction of sp³-hybridized carbons (Fsp3) is 0.500. The van der Waals surface area contributed by atoms with Crippen LogP contribution in [0.25, 0.3) is 0 Å². The highest BCUT2D eigenvalue weighted by Gasteiger charge is 2.16. The van der Waals surface area contributed by atoms with Gasteiger partial charge in [0.1, 0.15) is 18.2 Å². The van der Waals surface area contributed by atoms with Crippen LogP contribution in [-0.2, 0) is 9.53 Å². The molecule has 0 spiro atoms. The van der Waals surface area contributed by atoms with Crippen LogP contribution in [0.2, 0.25) is 0 Å².